The Balaban J connectivity index is 2.07. The summed E-state index contributed by atoms with van der Waals surface area (Å²) in [6.45, 7) is 2.81. The van der Waals surface area contributed by atoms with E-state index in [0.717, 1.165) is 0 Å². The Labute approximate surface area is 111 Å². The predicted octanol–water partition coefficient (Wildman–Crippen LogP) is 1.22. The van der Waals surface area contributed by atoms with Crippen molar-refractivity contribution in [3.8, 4) is 0 Å². The summed E-state index contributed by atoms with van der Waals surface area (Å²) in [4.78, 5) is 16.2. The molecule has 2 unspecified atom stereocenters. The molecule has 2 atom stereocenters. The number of hydrogen-bond acceptors (Lipinski definition) is 4. The molecule has 6 heteroatoms. The van der Waals surface area contributed by atoms with E-state index in [0.29, 0.717) is 29.7 Å². The van der Waals surface area contributed by atoms with Crippen LogP contribution in [0.4, 0.5) is 5.69 Å². The average molecular weight is 270 g/mol. The van der Waals surface area contributed by atoms with E-state index >= 15 is 0 Å². The van der Waals surface area contributed by atoms with Crippen LogP contribution < -0.4 is 10.6 Å². The summed E-state index contributed by atoms with van der Waals surface area (Å²) in [6.07, 6.45) is 0. The van der Waals surface area contributed by atoms with E-state index in [-0.39, 0.29) is 17.9 Å². The Morgan fingerprint density at radius 3 is 2.94 bits per heavy atom. The minimum absolute atomic E-state index is 0.0564. The first-order valence-electron chi connectivity index (χ1n) is 5.81. The molecule has 2 N–H and O–H groups in total. The Morgan fingerprint density at radius 1 is 1.50 bits per heavy atom. The number of halogens is 1. The Bertz CT molecular complexity index is 453. The van der Waals surface area contributed by atoms with Crippen molar-refractivity contribution in [2.45, 2.75) is 13.0 Å². The second kappa shape index (κ2) is 5.65. The van der Waals surface area contributed by atoms with Gasteiger partial charge in [-0.15, -0.1) is 0 Å². The standard InChI is InChI=1S/C12H16ClN3O2/c1-7-9(3-4-11(13)15-7)16-12(17)8-5-18-6-10(8)14-2/h3-4,8,10,14H,5-6H2,1-2H3,(H,16,17). The summed E-state index contributed by atoms with van der Waals surface area (Å²) in [7, 11) is 1.83. The van der Waals surface area contributed by atoms with Gasteiger partial charge < -0.3 is 15.4 Å². The lowest BCUT2D eigenvalue weighted by Crippen LogP contribution is -2.39. The molecule has 0 saturated carbocycles. The number of rotatable bonds is 3. The van der Waals surface area contributed by atoms with Gasteiger partial charge in [-0.2, -0.15) is 0 Å². The predicted molar refractivity (Wildman–Crippen MR) is 69.8 cm³/mol. The van der Waals surface area contributed by atoms with Crippen LogP contribution in [-0.4, -0.2) is 37.2 Å². The van der Waals surface area contributed by atoms with Crippen molar-refractivity contribution < 1.29 is 9.53 Å². The third-order valence-corrected chi connectivity index (χ3v) is 3.31. The molecule has 2 rings (SSSR count). The molecular formula is C12H16ClN3O2. The Hall–Kier alpha value is -1.17. The van der Waals surface area contributed by atoms with Gasteiger partial charge in [-0.25, -0.2) is 4.98 Å². The minimum Gasteiger partial charge on any atom is -0.379 e. The van der Waals surface area contributed by atoms with Gasteiger partial charge in [-0.3, -0.25) is 4.79 Å². The summed E-state index contributed by atoms with van der Waals surface area (Å²) in [6, 6.07) is 3.48. The molecule has 1 amide bonds. The quantitative estimate of drug-likeness (QED) is 0.810. The van der Waals surface area contributed by atoms with Crippen molar-refractivity contribution in [2.75, 3.05) is 25.6 Å². The number of hydrogen-bond donors (Lipinski definition) is 2. The Morgan fingerprint density at radius 2 is 2.28 bits per heavy atom. The van der Waals surface area contributed by atoms with E-state index in [4.69, 9.17) is 16.3 Å². The van der Waals surface area contributed by atoms with E-state index in [1.54, 1.807) is 12.1 Å². The van der Waals surface area contributed by atoms with Gasteiger partial charge in [0.05, 0.1) is 30.5 Å². The average Bonchev–Trinajstić information content (AvgIpc) is 2.81. The summed E-state index contributed by atoms with van der Waals surface area (Å²) in [5.74, 6) is -0.232. The number of carbonyl (C=O) groups is 1. The zero-order chi connectivity index (χ0) is 13.1. The fraction of sp³-hybridized carbons (Fsp3) is 0.500. The number of likely N-dealkylation sites (N-methyl/N-ethyl adjacent to an activating group) is 1. The van der Waals surface area contributed by atoms with Gasteiger partial charge in [-0.1, -0.05) is 11.6 Å². The number of ether oxygens (including phenoxy) is 1. The molecule has 1 aliphatic rings. The molecule has 5 nitrogen and oxygen atoms in total. The van der Waals surface area contributed by atoms with Crippen molar-refractivity contribution in [3.63, 3.8) is 0 Å². The maximum absolute atomic E-state index is 12.1. The number of amides is 1. The zero-order valence-electron chi connectivity index (χ0n) is 10.4. The molecule has 1 aliphatic heterocycles. The van der Waals surface area contributed by atoms with Crippen LogP contribution in [-0.2, 0) is 9.53 Å². The maximum atomic E-state index is 12.1. The van der Waals surface area contributed by atoms with Crippen LogP contribution in [0.1, 0.15) is 5.69 Å². The molecule has 1 fully saturated rings. The number of carbonyl (C=O) groups excluding carboxylic acids is 1. The number of nitrogens with zero attached hydrogens (tertiary/aromatic N) is 1. The largest absolute Gasteiger partial charge is 0.379 e. The molecule has 0 radical (unpaired) electrons. The highest BCUT2D eigenvalue weighted by atomic mass is 35.5. The van der Waals surface area contributed by atoms with E-state index in [9.17, 15) is 4.79 Å². The fourth-order valence-electron chi connectivity index (χ4n) is 1.99. The third-order valence-electron chi connectivity index (χ3n) is 3.10. The van der Waals surface area contributed by atoms with Crippen LogP contribution in [0.5, 0.6) is 0 Å². The van der Waals surface area contributed by atoms with Gasteiger partial charge in [0.2, 0.25) is 5.91 Å². The number of nitrogens with one attached hydrogen (secondary N) is 2. The minimum atomic E-state index is -0.176. The lowest BCUT2D eigenvalue weighted by Gasteiger charge is -2.17. The second-order valence-electron chi connectivity index (χ2n) is 4.30. The number of aromatic nitrogens is 1. The second-order valence-corrected chi connectivity index (χ2v) is 4.68. The summed E-state index contributed by atoms with van der Waals surface area (Å²) in [5.41, 5.74) is 1.39. The smallest absolute Gasteiger partial charge is 0.231 e. The molecule has 0 aliphatic carbocycles. The van der Waals surface area contributed by atoms with Crippen molar-refractivity contribution >= 4 is 23.2 Å². The summed E-state index contributed by atoms with van der Waals surface area (Å²) < 4.78 is 5.31. The molecule has 1 aromatic rings. The van der Waals surface area contributed by atoms with Crippen molar-refractivity contribution in [1.82, 2.24) is 10.3 Å². The monoisotopic (exact) mass is 269 g/mol. The number of anilines is 1. The van der Waals surface area contributed by atoms with Gasteiger partial charge >= 0.3 is 0 Å². The van der Waals surface area contributed by atoms with E-state index < -0.39 is 0 Å². The number of pyridine rings is 1. The van der Waals surface area contributed by atoms with Crippen LogP contribution >= 0.6 is 11.6 Å². The first-order chi connectivity index (χ1) is 8.61. The molecule has 18 heavy (non-hydrogen) atoms. The molecule has 0 bridgehead atoms. The fourth-order valence-corrected chi connectivity index (χ4v) is 2.17. The first-order valence-corrected chi connectivity index (χ1v) is 6.18. The van der Waals surface area contributed by atoms with Gasteiger partial charge in [-0.05, 0) is 26.1 Å². The zero-order valence-corrected chi connectivity index (χ0v) is 11.1. The highest BCUT2D eigenvalue weighted by Gasteiger charge is 2.33. The third kappa shape index (κ3) is 2.80. The van der Waals surface area contributed by atoms with Gasteiger partial charge in [0.25, 0.3) is 0 Å². The van der Waals surface area contributed by atoms with Gasteiger partial charge in [0.1, 0.15) is 5.15 Å². The molecule has 1 saturated heterocycles. The summed E-state index contributed by atoms with van der Waals surface area (Å²) in [5, 5.41) is 6.36. The van der Waals surface area contributed by atoms with Crippen LogP contribution in [0.3, 0.4) is 0 Å². The van der Waals surface area contributed by atoms with Crippen molar-refractivity contribution in [2.24, 2.45) is 5.92 Å². The van der Waals surface area contributed by atoms with Crippen LogP contribution in [0.15, 0.2) is 12.1 Å². The Kier molecular flexibility index (Phi) is 4.16. The van der Waals surface area contributed by atoms with Gasteiger partial charge in [0.15, 0.2) is 0 Å². The highest BCUT2D eigenvalue weighted by molar-refractivity contribution is 6.29. The lowest BCUT2D eigenvalue weighted by molar-refractivity contribution is -0.120. The van der Waals surface area contributed by atoms with Crippen LogP contribution in [0.2, 0.25) is 5.15 Å². The molecule has 2 heterocycles. The molecular weight excluding hydrogens is 254 g/mol. The normalized spacial score (nSPS) is 23.1. The number of aryl methyl sites for hydroxylation is 1. The maximum Gasteiger partial charge on any atom is 0.231 e. The van der Waals surface area contributed by atoms with E-state index in [1.807, 2.05) is 14.0 Å². The lowest BCUT2D eigenvalue weighted by atomic mass is 10.0. The van der Waals surface area contributed by atoms with Crippen LogP contribution in [0, 0.1) is 12.8 Å². The highest BCUT2D eigenvalue weighted by Crippen LogP contribution is 2.19. The summed E-state index contributed by atoms with van der Waals surface area (Å²) >= 11 is 5.77. The van der Waals surface area contributed by atoms with Crippen molar-refractivity contribution in [3.05, 3.63) is 23.0 Å². The van der Waals surface area contributed by atoms with E-state index in [2.05, 4.69) is 15.6 Å². The van der Waals surface area contributed by atoms with Gasteiger partial charge in [0, 0.05) is 6.04 Å². The molecule has 98 valence electrons. The molecule has 0 spiro atoms. The first kappa shape index (κ1) is 13.3. The van der Waals surface area contributed by atoms with E-state index in [1.165, 1.54) is 0 Å². The topological polar surface area (TPSA) is 63.2 Å². The van der Waals surface area contributed by atoms with Crippen molar-refractivity contribution in [1.29, 1.82) is 0 Å². The molecule has 0 aromatic carbocycles. The van der Waals surface area contributed by atoms with Crippen LogP contribution in [0.25, 0.3) is 0 Å². The molecule has 1 aromatic heterocycles. The SMILES string of the molecule is CNC1COCC1C(=O)Nc1ccc(Cl)nc1C.